The third-order valence-electron chi connectivity index (χ3n) is 5.61. The average molecular weight is 504 g/mol. The Morgan fingerprint density at radius 3 is 2.76 bits per heavy atom. The number of aromatic hydroxyl groups is 1. The van der Waals surface area contributed by atoms with Gasteiger partial charge in [0.25, 0.3) is 0 Å². The van der Waals surface area contributed by atoms with Crippen LogP contribution in [0.3, 0.4) is 0 Å². The molecule has 0 amide bonds. The fraction of sp³-hybridized carbons (Fsp3) is 0.208. The first-order chi connectivity index (χ1) is 16.3. The number of benzene rings is 2. The number of nitrogen functional groups attached to an aromatic ring is 1. The van der Waals surface area contributed by atoms with Gasteiger partial charge in [-0.3, -0.25) is 0 Å². The number of halogens is 3. The summed E-state index contributed by atoms with van der Waals surface area (Å²) >= 11 is 12.6. The van der Waals surface area contributed by atoms with Gasteiger partial charge in [0.1, 0.15) is 21.5 Å². The Hall–Kier alpha value is -3.20. The summed E-state index contributed by atoms with van der Waals surface area (Å²) in [5.74, 6) is -0.240. The topological polar surface area (TPSA) is 108 Å². The van der Waals surface area contributed by atoms with E-state index in [4.69, 9.17) is 33.7 Å². The second kappa shape index (κ2) is 9.97. The summed E-state index contributed by atoms with van der Waals surface area (Å²) in [6.45, 7) is 2.36. The first kappa shape index (κ1) is 23.9. The van der Waals surface area contributed by atoms with Crippen LogP contribution in [-0.2, 0) is 6.42 Å². The molecule has 0 spiro atoms. The summed E-state index contributed by atoms with van der Waals surface area (Å²) in [5.41, 5.74) is 9.37. The number of nitrogens with one attached hydrogen (secondary N) is 3. The van der Waals surface area contributed by atoms with E-state index in [-0.39, 0.29) is 33.4 Å². The summed E-state index contributed by atoms with van der Waals surface area (Å²) < 4.78 is 20.4. The molecule has 34 heavy (non-hydrogen) atoms. The number of pyridine rings is 1. The lowest BCUT2D eigenvalue weighted by atomic mass is 10.1. The van der Waals surface area contributed by atoms with Crippen molar-refractivity contribution in [2.45, 2.75) is 19.4 Å². The summed E-state index contributed by atoms with van der Waals surface area (Å²) in [6, 6.07) is 10.2. The number of fused-ring (bicyclic) bond motifs is 1. The number of aromatic amines is 1. The molecule has 2 heterocycles. The van der Waals surface area contributed by atoms with Crippen molar-refractivity contribution in [3.8, 4) is 17.2 Å². The number of phenolic OH excluding ortho intramolecular Hbond substituents is 1. The van der Waals surface area contributed by atoms with Gasteiger partial charge in [0.2, 0.25) is 5.95 Å². The third kappa shape index (κ3) is 4.84. The largest absolute Gasteiger partial charge is 0.508 e. The Labute approximate surface area is 206 Å². The molecule has 4 rings (SSSR count). The predicted molar refractivity (Wildman–Crippen MR) is 135 cm³/mol. The van der Waals surface area contributed by atoms with Gasteiger partial charge in [0.05, 0.1) is 0 Å². The van der Waals surface area contributed by atoms with Gasteiger partial charge in [-0.05, 0) is 67.9 Å². The van der Waals surface area contributed by atoms with E-state index < -0.39 is 5.95 Å². The van der Waals surface area contributed by atoms with Gasteiger partial charge >= 0.3 is 0 Å². The second-order valence-electron chi connectivity index (χ2n) is 7.83. The molecule has 4 aromatic rings. The van der Waals surface area contributed by atoms with Crippen LogP contribution in [0.25, 0.3) is 10.9 Å². The van der Waals surface area contributed by atoms with Gasteiger partial charge in [-0.25, -0.2) is 0 Å². The Morgan fingerprint density at radius 2 is 2.00 bits per heavy atom. The van der Waals surface area contributed by atoms with Crippen LogP contribution in [0.1, 0.15) is 24.1 Å². The van der Waals surface area contributed by atoms with Gasteiger partial charge < -0.3 is 31.2 Å². The molecular weight excluding hydrogens is 480 g/mol. The van der Waals surface area contributed by atoms with Crippen LogP contribution in [0.2, 0.25) is 10.0 Å². The summed E-state index contributed by atoms with van der Waals surface area (Å²) in [5, 5.41) is 16.6. The second-order valence-corrected chi connectivity index (χ2v) is 8.59. The van der Waals surface area contributed by atoms with Crippen molar-refractivity contribution < 1.29 is 14.2 Å². The number of hydrogen-bond donors (Lipinski definition) is 5. The third-order valence-corrected chi connectivity index (χ3v) is 6.29. The molecule has 0 aliphatic heterocycles. The normalized spacial score (nSPS) is 12.1. The van der Waals surface area contributed by atoms with E-state index in [1.54, 1.807) is 36.4 Å². The molecule has 0 aliphatic carbocycles. The molecule has 7 nitrogen and oxygen atoms in total. The maximum absolute atomic E-state index is 14.5. The highest BCUT2D eigenvalue weighted by molar-refractivity contribution is 6.38. The van der Waals surface area contributed by atoms with Crippen molar-refractivity contribution in [2.75, 3.05) is 24.6 Å². The lowest BCUT2D eigenvalue weighted by Crippen LogP contribution is -2.14. The molecule has 0 bridgehead atoms. The molecule has 0 saturated heterocycles. The number of hydrogen-bond acceptors (Lipinski definition) is 6. The van der Waals surface area contributed by atoms with Crippen LogP contribution in [0, 0.1) is 5.95 Å². The van der Waals surface area contributed by atoms with E-state index in [0.29, 0.717) is 24.4 Å². The average Bonchev–Trinajstić information content (AvgIpc) is 3.22. The minimum Gasteiger partial charge on any atom is -0.508 e. The van der Waals surface area contributed by atoms with Crippen LogP contribution in [0.15, 0.2) is 42.6 Å². The van der Waals surface area contributed by atoms with Gasteiger partial charge in [-0.2, -0.15) is 9.37 Å². The molecule has 2 aromatic carbocycles. The Bertz CT molecular complexity index is 1340. The van der Waals surface area contributed by atoms with Gasteiger partial charge in [0, 0.05) is 35.4 Å². The van der Waals surface area contributed by atoms with Crippen molar-refractivity contribution >= 4 is 45.6 Å². The summed E-state index contributed by atoms with van der Waals surface area (Å²) in [4.78, 5) is 7.00. The van der Waals surface area contributed by atoms with Crippen molar-refractivity contribution in [3.05, 3.63) is 69.7 Å². The van der Waals surface area contributed by atoms with E-state index in [1.807, 2.05) is 20.2 Å². The molecule has 1 atom stereocenters. The molecule has 10 heteroatoms. The lowest BCUT2D eigenvalue weighted by Gasteiger charge is -2.17. The van der Waals surface area contributed by atoms with E-state index in [2.05, 4.69) is 20.6 Å². The summed E-state index contributed by atoms with van der Waals surface area (Å²) in [6.07, 6.45) is 2.44. The Morgan fingerprint density at radius 1 is 1.21 bits per heavy atom. The molecule has 0 radical (unpaired) electrons. The molecular formula is C24H24Cl2FN5O2. The lowest BCUT2D eigenvalue weighted by molar-refractivity contribution is 0.471. The van der Waals surface area contributed by atoms with Crippen molar-refractivity contribution in [1.82, 2.24) is 15.3 Å². The number of rotatable bonds is 8. The highest BCUT2D eigenvalue weighted by atomic mass is 35.5. The quantitative estimate of drug-likeness (QED) is 0.148. The first-order valence-corrected chi connectivity index (χ1v) is 11.4. The number of ether oxygens (including phenoxy) is 1. The SMILES string of the molecule is CNC(C)c1cc(Oc2c(Cl)c(F)nc(NCCc3c[nH]c4ccc(O)cc34)c2Cl)ccc1N. The van der Waals surface area contributed by atoms with Crippen molar-refractivity contribution in [3.63, 3.8) is 0 Å². The van der Waals surface area contributed by atoms with Crippen LogP contribution in [0.4, 0.5) is 15.9 Å². The number of nitrogens with two attached hydrogens (primary N) is 1. The van der Waals surface area contributed by atoms with Gasteiger partial charge in [-0.15, -0.1) is 0 Å². The minimum absolute atomic E-state index is 0.0210. The van der Waals surface area contributed by atoms with Gasteiger partial charge in [-0.1, -0.05) is 23.2 Å². The summed E-state index contributed by atoms with van der Waals surface area (Å²) in [7, 11) is 1.82. The molecule has 2 aromatic heterocycles. The maximum atomic E-state index is 14.5. The standard InChI is InChI=1S/C24H24Cl2FN5O2/c1-12(29-2)16-10-15(4-5-18(16)28)34-22-20(25)23(27)32-24(21(22)26)30-8-7-13-11-31-19-6-3-14(33)9-17(13)19/h3-6,9-12,29,31,33H,7-8,28H2,1-2H3,(H,30,32). The molecule has 178 valence electrons. The highest BCUT2D eigenvalue weighted by Crippen LogP contribution is 2.42. The van der Waals surface area contributed by atoms with E-state index >= 15 is 0 Å². The minimum atomic E-state index is -0.903. The fourth-order valence-electron chi connectivity index (χ4n) is 3.65. The van der Waals surface area contributed by atoms with Crippen LogP contribution < -0.4 is 21.1 Å². The maximum Gasteiger partial charge on any atom is 0.237 e. The van der Waals surface area contributed by atoms with Crippen molar-refractivity contribution in [2.24, 2.45) is 0 Å². The monoisotopic (exact) mass is 503 g/mol. The Kier molecular flexibility index (Phi) is 7.02. The zero-order chi connectivity index (χ0) is 24.4. The number of nitrogens with zero attached hydrogens (tertiary/aromatic N) is 1. The molecule has 0 aliphatic rings. The molecule has 0 saturated carbocycles. The molecule has 0 fully saturated rings. The zero-order valence-electron chi connectivity index (χ0n) is 18.5. The number of anilines is 2. The highest BCUT2D eigenvalue weighted by Gasteiger charge is 2.20. The zero-order valence-corrected chi connectivity index (χ0v) is 20.1. The number of aromatic nitrogens is 2. The first-order valence-electron chi connectivity index (χ1n) is 10.6. The van der Waals surface area contributed by atoms with Crippen LogP contribution in [0.5, 0.6) is 17.2 Å². The van der Waals surface area contributed by atoms with Crippen LogP contribution in [-0.4, -0.2) is 28.7 Å². The predicted octanol–water partition coefficient (Wildman–Crippen LogP) is 6.02. The number of phenols is 1. The fourth-order valence-corrected chi connectivity index (χ4v) is 4.12. The van der Waals surface area contributed by atoms with Crippen molar-refractivity contribution in [1.29, 1.82) is 0 Å². The van der Waals surface area contributed by atoms with E-state index in [0.717, 1.165) is 22.0 Å². The molecule has 6 N–H and O–H groups in total. The smallest absolute Gasteiger partial charge is 0.237 e. The Balaban J connectivity index is 1.55. The van der Waals surface area contributed by atoms with E-state index in [9.17, 15) is 9.50 Å². The number of H-pyrrole nitrogens is 1. The van der Waals surface area contributed by atoms with E-state index in [1.165, 1.54) is 0 Å². The van der Waals surface area contributed by atoms with Crippen LogP contribution >= 0.6 is 23.2 Å². The van der Waals surface area contributed by atoms with Gasteiger partial charge in [0.15, 0.2) is 11.6 Å². The molecule has 1 unspecified atom stereocenters.